The second-order valence-electron chi connectivity index (χ2n) is 4.92. The van der Waals surface area contributed by atoms with Crippen LogP contribution in [0.25, 0.3) is 0 Å². The van der Waals surface area contributed by atoms with Gasteiger partial charge in [0.15, 0.2) is 0 Å². The van der Waals surface area contributed by atoms with Crippen molar-refractivity contribution in [1.29, 1.82) is 0 Å². The third-order valence-corrected chi connectivity index (χ3v) is 3.29. The van der Waals surface area contributed by atoms with Gasteiger partial charge in [0.05, 0.1) is 12.4 Å². The molecule has 0 saturated carbocycles. The van der Waals surface area contributed by atoms with Gasteiger partial charge in [0.2, 0.25) is 0 Å². The Morgan fingerprint density at radius 1 is 1.19 bits per heavy atom. The van der Waals surface area contributed by atoms with Gasteiger partial charge < -0.3 is 10.6 Å². The minimum atomic E-state index is -0.252. The summed E-state index contributed by atoms with van der Waals surface area (Å²) in [6, 6.07) is 5.81. The molecule has 0 fully saturated rings. The average Bonchev–Trinajstić information content (AvgIpc) is 2.50. The van der Waals surface area contributed by atoms with Gasteiger partial charge in [-0.05, 0) is 37.5 Å². The van der Waals surface area contributed by atoms with Crippen LogP contribution in [0.3, 0.4) is 0 Å². The maximum absolute atomic E-state index is 12.2. The largest absolute Gasteiger partial charge is 0.369 e. The lowest BCUT2D eigenvalue weighted by molar-refractivity contribution is 0.102. The van der Waals surface area contributed by atoms with Crippen LogP contribution in [0.1, 0.15) is 35.0 Å². The summed E-state index contributed by atoms with van der Waals surface area (Å²) in [5, 5.41) is 5.99. The Morgan fingerprint density at radius 2 is 2.00 bits per heavy atom. The minimum Gasteiger partial charge on any atom is -0.369 e. The van der Waals surface area contributed by atoms with Crippen LogP contribution in [-0.2, 0) is 0 Å². The quantitative estimate of drug-likeness (QED) is 0.885. The normalized spacial score (nSPS) is 10.2. The van der Waals surface area contributed by atoms with E-state index in [0.717, 1.165) is 29.8 Å². The Balaban J connectivity index is 2.08. The maximum atomic E-state index is 12.2. The molecule has 0 aliphatic carbocycles. The molecule has 1 aromatic carbocycles. The van der Waals surface area contributed by atoms with Gasteiger partial charge in [-0.15, -0.1) is 0 Å². The molecule has 1 aromatic heterocycles. The third-order valence-electron chi connectivity index (χ3n) is 3.29. The number of benzene rings is 1. The van der Waals surface area contributed by atoms with E-state index in [1.165, 1.54) is 6.20 Å². The lowest BCUT2D eigenvalue weighted by Gasteiger charge is -2.10. The van der Waals surface area contributed by atoms with Gasteiger partial charge in [-0.2, -0.15) is 0 Å². The highest BCUT2D eigenvalue weighted by molar-refractivity contribution is 6.03. The standard InChI is InChI=1S/C16H20N4O/c1-4-8-17-15-10-18-14(9-19-15)16(21)20-13-7-5-6-11(2)12(13)3/h5-7,9-10H,4,8H2,1-3H3,(H,17,19)(H,20,21). The molecule has 0 atom stereocenters. The van der Waals surface area contributed by atoms with Crippen LogP contribution in [0.4, 0.5) is 11.5 Å². The smallest absolute Gasteiger partial charge is 0.275 e. The van der Waals surface area contributed by atoms with Crippen molar-refractivity contribution in [1.82, 2.24) is 9.97 Å². The van der Waals surface area contributed by atoms with Crippen molar-refractivity contribution in [3.63, 3.8) is 0 Å². The van der Waals surface area contributed by atoms with Gasteiger partial charge in [-0.1, -0.05) is 19.1 Å². The summed E-state index contributed by atoms with van der Waals surface area (Å²) >= 11 is 0. The summed E-state index contributed by atoms with van der Waals surface area (Å²) in [4.78, 5) is 20.5. The summed E-state index contributed by atoms with van der Waals surface area (Å²) in [7, 11) is 0. The SMILES string of the molecule is CCCNc1cnc(C(=O)Nc2cccc(C)c2C)cn1. The number of carbonyl (C=O) groups excluding carboxylic acids is 1. The molecular formula is C16H20N4O. The highest BCUT2D eigenvalue weighted by atomic mass is 16.1. The molecule has 0 unspecified atom stereocenters. The topological polar surface area (TPSA) is 66.9 Å². The highest BCUT2D eigenvalue weighted by Gasteiger charge is 2.10. The Kier molecular flexibility index (Phi) is 4.87. The van der Waals surface area contributed by atoms with Gasteiger partial charge in [-0.25, -0.2) is 9.97 Å². The molecule has 1 amide bonds. The molecule has 110 valence electrons. The molecule has 2 aromatic rings. The van der Waals surface area contributed by atoms with E-state index >= 15 is 0 Å². The zero-order chi connectivity index (χ0) is 15.2. The molecule has 0 spiro atoms. The molecule has 0 aliphatic heterocycles. The van der Waals surface area contributed by atoms with Crippen LogP contribution in [0.2, 0.25) is 0 Å². The van der Waals surface area contributed by atoms with Gasteiger partial charge in [0.25, 0.3) is 5.91 Å². The lowest BCUT2D eigenvalue weighted by atomic mass is 10.1. The molecule has 2 rings (SSSR count). The molecule has 5 nitrogen and oxygen atoms in total. The summed E-state index contributed by atoms with van der Waals surface area (Å²) in [6.07, 6.45) is 4.07. The Labute approximate surface area is 124 Å². The minimum absolute atomic E-state index is 0.252. The zero-order valence-corrected chi connectivity index (χ0v) is 12.6. The zero-order valence-electron chi connectivity index (χ0n) is 12.6. The van der Waals surface area contributed by atoms with Crippen molar-refractivity contribution >= 4 is 17.4 Å². The second kappa shape index (κ2) is 6.83. The van der Waals surface area contributed by atoms with Crippen LogP contribution >= 0.6 is 0 Å². The third kappa shape index (κ3) is 3.78. The number of carbonyl (C=O) groups is 1. The van der Waals surface area contributed by atoms with Gasteiger partial charge in [0, 0.05) is 12.2 Å². The second-order valence-corrected chi connectivity index (χ2v) is 4.92. The van der Waals surface area contributed by atoms with E-state index in [4.69, 9.17) is 0 Å². The molecule has 0 radical (unpaired) electrons. The number of aromatic nitrogens is 2. The van der Waals surface area contributed by atoms with E-state index in [-0.39, 0.29) is 5.91 Å². The van der Waals surface area contributed by atoms with Crippen LogP contribution in [0.5, 0.6) is 0 Å². The maximum Gasteiger partial charge on any atom is 0.275 e. The van der Waals surface area contributed by atoms with Crippen LogP contribution in [-0.4, -0.2) is 22.4 Å². The van der Waals surface area contributed by atoms with E-state index in [0.29, 0.717) is 11.5 Å². The summed E-state index contributed by atoms with van der Waals surface area (Å²) < 4.78 is 0. The molecule has 1 heterocycles. The molecular weight excluding hydrogens is 264 g/mol. The van der Waals surface area contributed by atoms with Crippen molar-refractivity contribution in [3.05, 3.63) is 47.4 Å². The van der Waals surface area contributed by atoms with Crippen LogP contribution < -0.4 is 10.6 Å². The summed E-state index contributed by atoms with van der Waals surface area (Å²) in [5.74, 6) is 0.429. The van der Waals surface area contributed by atoms with Crippen LogP contribution in [0, 0.1) is 13.8 Å². The van der Waals surface area contributed by atoms with E-state index in [9.17, 15) is 4.79 Å². The molecule has 0 aliphatic rings. The fourth-order valence-electron chi connectivity index (χ4n) is 1.86. The van der Waals surface area contributed by atoms with E-state index < -0.39 is 0 Å². The fraction of sp³-hybridized carbons (Fsp3) is 0.312. The first-order chi connectivity index (χ1) is 10.1. The molecule has 5 heteroatoms. The number of rotatable bonds is 5. The monoisotopic (exact) mass is 284 g/mol. The molecule has 21 heavy (non-hydrogen) atoms. The molecule has 0 saturated heterocycles. The number of amides is 1. The van der Waals surface area contributed by atoms with Gasteiger partial charge in [-0.3, -0.25) is 4.79 Å². The number of hydrogen-bond acceptors (Lipinski definition) is 4. The van der Waals surface area contributed by atoms with Crippen molar-refractivity contribution < 1.29 is 4.79 Å². The Hall–Kier alpha value is -2.43. The average molecular weight is 284 g/mol. The van der Waals surface area contributed by atoms with Crippen molar-refractivity contribution in [2.45, 2.75) is 27.2 Å². The first-order valence-corrected chi connectivity index (χ1v) is 7.05. The van der Waals surface area contributed by atoms with Crippen molar-refractivity contribution in [2.24, 2.45) is 0 Å². The summed E-state index contributed by atoms with van der Waals surface area (Å²) in [5.41, 5.74) is 3.30. The fourth-order valence-corrected chi connectivity index (χ4v) is 1.86. The first kappa shape index (κ1) is 15.0. The first-order valence-electron chi connectivity index (χ1n) is 7.05. The summed E-state index contributed by atoms with van der Waals surface area (Å²) in [6.45, 7) is 6.91. The van der Waals surface area contributed by atoms with E-state index in [1.54, 1.807) is 6.20 Å². The van der Waals surface area contributed by atoms with E-state index in [1.807, 2.05) is 32.0 Å². The van der Waals surface area contributed by atoms with E-state index in [2.05, 4.69) is 27.5 Å². The molecule has 2 N–H and O–H groups in total. The van der Waals surface area contributed by atoms with Crippen molar-refractivity contribution in [3.8, 4) is 0 Å². The number of nitrogens with zero attached hydrogens (tertiary/aromatic N) is 2. The van der Waals surface area contributed by atoms with Crippen LogP contribution in [0.15, 0.2) is 30.6 Å². The predicted octanol–water partition coefficient (Wildman–Crippen LogP) is 3.17. The number of aryl methyl sites for hydroxylation is 1. The van der Waals surface area contributed by atoms with Crippen molar-refractivity contribution in [2.75, 3.05) is 17.2 Å². The van der Waals surface area contributed by atoms with Gasteiger partial charge >= 0.3 is 0 Å². The Bertz CT molecular complexity index is 623. The number of nitrogens with one attached hydrogen (secondary N) is 2. The number of anilines is 2. The lowest BCUT2D eigenvalue weighted by Crippen LogP contribution is -2.15. The Morgan fingerprint density at radius 3 is 2.67 bits per heavy atom. The number of hydrogen-bond donors (Lipinski definition) is 2. The predicted molar refractivity (Wildman–Crippen MR) is 84.7 cm³/mol. The highest BCUT2D eigenvalue weighted by Crippen LogP contribution is 2.18. The van der Waals surface area contributed by atoms with Gasteiger partial charge in [0.1, 0.15) is 11.5 Å². The molecule has 0 bridgehead atoms.